The van der Waals surface area contributed by atoms with E-state index in [0.29, 0.717) is 11.3 Å². The Hall–Kier alpha value is -3.08. The van der Waals surface area contributed by atoms with Crippen LogP contribution in [0.2, 0.25) is 0 Å². The van der Waals surface area contributed by atoms with E-state index in [9.17, 15) is 9.59 Å². The molecule has 0 saturated carbocycles. The van der Waals surface area contributed by atoms with Crippen LogP contribution in [0.1, 0.15) is 30.0 Å². The Morgan fingerprint density at radius 1 is 1.15 bits per heavy atom. The van der Waals surface area contributed by atoms with Gasteiger partial charge in [0.1, 0.15) is 11.3 Å². The van der Waals surface area contributed by atoms with Gasteiger partial charge in [0.05, 0.1) is 6.04 Å². The quantitative estimate of drug-likeness (QED) is 0.733. The standard InChI is InChI=1S/C21H19NO4/c23-20(22-18-7-3-5-14-4-1-2-6-17(14)18)13-25-16-10-8-15-9-11-21(24)26-19(15)12-16/h1-2,4,6,8-12,18H,3,5,7,13H2,(H,22,23)/t18-/m0/s1. The van der Waals surface area contributed by atoms with Gasteiger partial charge in [0.2, 0.25) is 0 Å². The highest BCUT2D eigenvalue weighted by molar-refractivity contribution is 5.79. The molecule has 0 spiro atoms. The van der Waals surface area contributed by atoms with Crippen molar-refractivity contribution >= 4 is 16.9 Å². The number of fused-ring (bicyclic) bond motifs is 2. The fourth-order valence-corrected chi connectivity index (χ4v) is 3.42. The fraction of sp³-hybridized carbons (Fsp3) is 0.238. The summed E-state index contributed by atoms with van der Waals surface area (Å²) >= 11 is 0. The number of hydrogen-bond acceptors (Lipinski definition) is 4. The average Bonchev–Trinajstić information content (AvgIpc) is 2.66. The minimum atomic E-state index is -0.414. The summed E-state index contributed by atoms with van der Waals surface area (Å²) in [7, 11) is 0. The van der Waals surface area contributed by atoms with Crippen molar-refractivity contribution in [3.05, 3.63) is 76.1 Å². The molecule has 5 heteroatoms. The van der Waals surface area contributed by atoms with Crippen LogP contribution in [0, 0.1) is 0 Å². The predicted octanol–water partition coefficient (Wildman–Crippen LogP) is 3.37. The second-order valence-electron chi connectivity index (χ2n) is 6.45. The van der Waals surface area contributed by atoms with E-state index in [4.69, 9.17) is 9.15 Å². The lowest BCUT2D eigenvalue weighted by Gasteiger charge is -2.26. The van der Waals surface area contributed by atoms with Gasteiger partial charge in [-0.25, -0.2) is 4.79 Å². The number of benzene rings is 2. The summed E-state index contributed by atoms with van der Waals surface area (Å²) in [6, 6.07) is 16.5. The lowest BCUT2D eigenvalue weighted by Crippen LogP contribution is -2.34. The highest BCUT2D eigenvalue weighted by Gasteiger charge is 2.21. The topological polar surface area (TPSA) is 68.5 Å². The molecule has 4 rings (SSSR count). The Kier molecular flexibility index (Phi) is 4.44. The zero-order valence-corrected chi connectivity index (χ0v) is 14.2. The third-order valence-electron chi connectivity index (χ3n) is 4.67. The molecular formula is C21H19NO4. The Balaban J connectivity index is 1.41. The second-order valence-corrected chi connectivity index (χ2v) is 6.45. The Bertz CT molecular complexity index is 1010. The molecule has 0 aliphatic heterocycles. The molecule has 0 fully saturated rings. The van der Waals surface area contributed by atoms with Crippen LogP contribution in [0.15, 0.2) is 63.8 Å². The average molecular weight is 349 g/mol. The van der Waals surface area contributed by atoms with Crippen LogP contribution in [0.25, 0.3) is 11.0 Å². The second kappa shape index (κ2) is 7.04. The summed E-state index contributed by atoms with van der Waals surface area (Å²) in [5, 5.41) is 3.86. The first-order valence-electron chi connectivity index (χ1n) is 8.73. The fourth-order valence-electron chi connectivity index (χ4n) is 3.42. The van der Waals surface area contributed by atoms with Crippen molar-refractivity contribution in [2.24, 2.45) is 0 Å². The zero-order valence-electron chi connectivity index (χ0n) is 14.2. The van der Waals surface area contributed by atoms with E-state index in [1.165, 1.54) is 17.2 Å². The molecule has 1 heterocycles. The van der Waals surface area contributed by atoms with Gasteiger partial charge in [-0.1, -0.05) is 24.3 Å². The minimum absolute atomic E-state index is 0.0330. The molecule has 5 nitrogen and oxygen atoms in total. The monoisotopic (exact) mass is 349 g/mol. The molecule has 0 radical (unpaired) electrons. The van der Waals surface area contributed by atoms with E-state index in [1.807, 2.05) is 12.1 Å². The van der Waals surface area contributed by atoms with Crippen LogP contribution in [0.5, 0.6) is 5.75 Å². The third kappa shape index (κ3) is 3.47. The first-order chi connectivity index (χ1) is 12.7. The maximum atomic E-state index is 12.3. The first-order valence-corrected chi connectivity index (χ1v) is 8.73. The predicted molar refractivity (Wildman–Crippen MR) is 98.2 cm³/mol. The summed E-state index contributed by atoms with van der Waals surface area (Å²) in [5.41, 5.74) is 2.52. The maximum Gasteiger partial charge on any atom is 0.336 e. The van der Waals surface area contributed by atoms with Gasteiger partial charge >= 0.3 is 5.63 Å². The molecule has 1 aromatic heterocycles. The lowest BCUT2D eigenvalue weighted by atomic mass is 9.88. The SMILES string of the molecule is O=C(COc1ccc2ccc(=O)oc2c1)N[C@H]1CCCc2ccccc21. The number of aryl methyl sites for hydroxylation is 1. The molecule has 0 saturated heterocycles. The van der Waals surface area contributed by atoms with Crippen LogP contribution in [-0.2, 0) is 11.2 Å². The first kappa shape index (κ1) is 16.4. The number of nitrogens with one attached hydrogen (secondary N) is 1. The van der Waals surface area contributed by atoms with Crippen molar-refractivity contribution in [1.29, 1.82) is 0 Å². The van der Waals surface area contributed by atoms with E-state index < -0.39 is 5.63 Å². The molecule has 2 aromatic carbocycles. The van der Waals surface area contributed by atoms with Crippen molar-refractivity contribution in [3.63, 3.8) is 0 Å². The molecule has 132 valence electrons. The summed E-state index contributed by atoms with van der Waals surface area (Å²) in [4.78, 5) is 23.6. The maximum absolute atomic E-state index is 12.3. The Morgan fingerprint density at radius 3 is 2.92 bits per heavy atom. The van der Waals surface area contributed by atoms with Gasteiger partial charge in [-0.3, -0.25) is 4.79 Å². The number of carbonyl (C=O) groups is 1. The normalized spacial score (nSPS) is 16.1. The van der Waals surface area contributed by atoms with Gasteiger partial charge in [-0.15, -0.1) is 0 Å². The van der Waals surface area contributed by atoms with Crippen molar-refractivity contribution in [1.82, 2.24) is 5.32 Å². The van der Waals surface area contributed by atoms with E-state index in [0.717, 1.165) is 24.6 Å². The summed E-state index contributed by atoms with van der Waals surface area (Å²) in [6.45, 7) is -0.0821. The van der Waals surface area contributed by atoms with Gasteiger partial charge in [0.15, 0.2) is 6.61 Å². The molecule has 3 aromatic rings. The van der Waals surface area contributed by atoms with Crippen molar-refractivity contribution in [2.75, 3.05) is 6.61 Å². The Morgan fingerprint density at radius 2 is 2.00 bits per heavy atom. The van der Waals surface area contributed by atoms with E-state index in [-0.39, 0.29) is 18.6 Å². The largest absolute Gasteiger partial charge is 0.484 e. The molecule has 26 heavy (non-hydrogen) atoms. The number of amides is 1. The third-order valence-corrected chi connectivity index (χ3v) is 4.67. The van der Waals surface area contributed by atoms with Crippen LogP contribution < -0.4 is 15.7 Å². The highest BCUT2D eigenvalue weighted by Crippen LogP contribution is 2.29. The van der Waals surface area contributed by atoms with Gasteiger partial charge in [-0.2, -0.15) is 0 Å². The molecular weight excluding hydrogens is 330 g/mol. The molecule has 1 N–H and O–H groups in total. The van der Waals surface area contributed by atoms with Gasteiger partial charge in [0.25, 0.3) is 5.91 Å². The molecule has 1 atom stereocenters. The van der Waals surface area contributed by atoms with Crippen molar-refractivity contribution in [2.45, 2.75) is 25.3 Å². The summed E-state index contributed by atoms with van der Waals surface area (Å²) in [5.74, 6) is 0.326. The summed E-state index contributed by atoms with van der Waals surface area (Å²) < 4.78 is 10.7. The van der Waals surface area contributed by atoms with E-state index >= 15 is 0 Å². The molecule has 0 bridgehead atoms. The lowest BCUT2D eigenvalue weighted by molar-refractivity contribution is -0.123. The molecule has 1 aliphatic rings. The van der Waals surface area contributed by atoms with Crippen LogP contribution >= 0.6 is 0 Å². The van der Waals surface area contributed by atoms with Crippen molar-refractivity contribution in [3.8, 4) is 5.75 Å². The van der Waals surface area contributed by atoms with Crippen molar-refractivity contribution < 1.29 is 13.9 Å². The van der Waals surface area contributed by atoms with E-state index in [2.05, 4.69) is 17.4 Å². The van der Waals surface area contributed by atoms with Gasteiger partial charge in [-0.05, 0) is 48.6 Å². The molecule has 0 unspecified atom stereocenters. The van der Waals surface area contributed by atoms with Crippen LogP contribution in [0.3, 0.4) is 0 Å². The van der Waals surface area contributed by atoms with Crippen LogP contribution in [0.4, 0.5) is 0 Å². The summed E-state index contributed by atoms with van der Waals surface area (Å²) in [6.07, 6.45) is 3.05. The zero-order chi connectivity index (χ0) is 17.9. The number of carbonyl (C=O) groups excluding carboxylic acids is 1. The highest BCUT2D eigenvalue weighted by atomic mass is 16.5. The van der Waals surface area contributed by atoms with Gasteiger partial charge < -0.3 is 14.5 Å². The minimum Gasteiger partial charge on any atom is -0.484 e. The van der Waals surface area contributed by atoms with Gasteiger partial charge in [0, 0.05) is 17.5 Å². The molecule has 1 amide bonds. The Labute approximate surface area is 150 Å². The smallest absolute Gasteiger partial charge is 0.336 e. The number of rotatable bonds is 4. The number of hydrogen-bond donors (Lipinski definition) is 1. The molecule has 1 aliphatic carbocycles. The van der Waals surface area contributed by atoms with Crippen LogP contribution in [-0.4, -0.2) is 12.5 Å². The van der Waals surface area contributed by atoms with E-state index in [1.54, 1.807) is 24.3 Å². The number of ether oxygens (including phenoxy) is 1.